The van der Waals surface area contributed by atoms with Gasteiger partial charge in [-0.05, 0) is 50.2 Å². The smallest absolute Gasteiger partial charge is 0.178 e. The van der Waals surface area contributed by atoms with Crippen molar-refractivity contribution in [3.63, 3.8) is 0 Å². The number of aromatic nitrogens is 6. The molecule has 0 aliphatic carbocycles. The first-order valence-corrected chi connectivity index (χ1v) is 9.80. The number of imidazole rings is 1. The predicted molar refractivity (Wildman–Crippen MR) is 109 cm³/mol. The minimum Gasteiger partial charge on any atom is -0.472 e. The van der Waals surface area contributed by atoms with Crippen molar-refractivity contribution in [2.24, 2.45) is 0 Å². The van der Waals surface area contributed by atoms with Crippen LogP contribution in [0, 0.1) is 0 Å². The van der Waals surface area contributed by atoms with Crippen LogP contribution in [-0.2, 0) is 0 Å². The third-order valence-corrected chi connectivity index (χ3v) is 5.64. The highest BCUT2D eigenvalue weighted by atomic mass is 16.3. The Morgan fingerprint density at radius 3 is 2.83 bits per heavy atom. The van der Waals surface area contributed by atoms with Crippen LogP contribution >= 0.6 is 0 Å². The van der Waals surface area contributed by atoms with E-state index in [0.717, 1.165) is 59.3 Å². The molecule has 1 fully saturated rings. The van der Waals surface area contributed by atoms with E-state index < -0.39 is 0 Å². The summed E-state index contributed by atoms with van der Waals surface area (Å²) in [4.78, 5) is 17.5. The topological polar surface area (TPSA) is 108 Å². The van der Waals surface area contributed by atoms with Crippen molar-refractivity contribution in [3.8, 4) is 22.6 Å². The fourth-order valence-corrected chi connectivity index (χ4v) is 4.11. The van der Waals surface area contributed by atoms with Gasteiger partial charge in [0.2, 0.25) is 0 Å². The van der Waals surface area contributed by atoms with Crippen LogP contribution in [0.4, 0.5) is 0 Å². The third kappa shape index (κ3) is 2.72. The molecule has 6 rings (SSSR count). The summed E-state index contributed by atoms with van der Waals surface area (Å²) < 4.78 is 5.24. The third-order valence-electron chi connectivity index (χ3n) is 5.64. The number of nitrogens with zero attached hydrogens (tertiary/aromatic N) is 4. The van der Waals surface area contributed by atoms with Gasteiger partial charge < -0.3 is 14.7 Å². The minimum atomic E-state index is 0.480. The summed E-state index contributed by atoms with van der Waals surface area (Å²) in [5, 5.41) is 11.0. The van der Waals surface area contributed by atoms with E-state index in [4.69, 9.17) is 9.40 Å². The number of nitrogens with one attached hydrogen (secondary N) is 3. The van der Waals surface area contributed by atoms with Gasteiger partial charge in [-0.3, -0.25) is 5.10 Å². The van der Waals surface area contributed by atoms with Crippen molar-refractivity contribution in [2.45, 2.75) is 18.8 Å². The SMILES string of the molecule is c1cc(-c2ccoc2)c2[nH]c(-c3n[nH]c4ccc(C5CCNCC5)nc34)nc2n1. The van der Waals surface area contributed by atoms with Gasteiger partial charge in [-0.25, -0.2) is 15.0 Å². The summed E-state index contributed by atoms with van der Waals surface area (Å²) in [7, 11) is 0. The lowest BCUT2D eigenvalue weighted by molar-refractivity contribution is 0.454. The number of H-pyrrole nitrogens is 2. The first kappa shape index (κ1) is 16.4. The Labute approximate surface area is 165 Å². The van der Waals surface area contributed by atoms with E-state index in [1.165, 1.54) is 0 Å². The quantitative estimate of drug-likeness (QED) is 0.438. The minimum absolute atomic E-state index is 0.480. The Bertz CT molecular complexity index is 1300. The van der Waals surface area contributed by atoms with Crippen molar-refractivity contribution in [1.82, 2.24) is 35.5 Å². The van der Waals surface area contributed by atoms with Crippen molar-refractivity contribution < 1.29 is 4.42 Å². The van der Waals surface area contributed by atoms with Gasteiger partial charge in [0.05, 0.1) is 23.6 Å². The molecule has 6 heterocycles. The molecule has 8 nitrogen and oxygen atoms in total. The number of furan rings is 1. The van der Waals surface area contributed by atoms with Gasteiger partial charge in [0.25, 0.3) is 0 Å². The second-order valence-electron chi connectivity index (χ2n) is 7.38. The maximum atomic E-state index is 5.24. The molecule has 0 radical (unpaired) electrons. The van der Waals surface area contributed by atoms with Gasteiger partial charge in [-0.15, -0.1) is 0 Å². The highest BCUT2D eigenvalue weighted by Crippen LogP contribution is 2.31. The number of aromatic amines is 2. The zero-order valence-electron chi connectivity index (χ0n) is 15.6. The molecule has 5 aromatic heterocycles. The fourth-order valence-electron chi connectivity index (χ4n) is 4.11. The van der Waals surface area contributed by atoms with Gasteiger partial charge in [0.1, 0.15) is 5.52 Å². The van der Waals surface area contributed by atoms with Crippen LogP contribution in [0.1, 0.15) is 24.5 Å². The van der Waals surface area contributed by atoms with E-state index in [1.807, 2.05) is 12.1 Å². The van der Waals surface area contributed by atoms with Crippen molar-refractivity contribution in [3.05, 3.63) is 48.7 Å². The number of hydrogen-bond donors (Lipinski definition) is 3. The van der Waals surface area contributed by atoms with E-state index in [1.54, 1.807) is 18.7 Å². The van der Waals surface area contributed by atoms with E-state index >= 15 is 0 Å². The Kier molecular flexibility index (Phi) is 3.70. The molecule has 0 atom stereocenters. The number of pyridine rings is 2. The van der Waals surface area contributed by atoms with Crippen LogP contribution in [0.25, 0.3) is 44.8 Å². The first-order chi connectivity index (χ1) is 14.4. The van der Waals surface area contributed by atoms with Crippen LogP contribution in [0.3, 0.4) is 0 Å². The Balaban J connectivity index is 1.48. The molecule has 3 N–H and O–H groups in total. The van der Waals surface area contributed by atoms with Gasteiger partial charge in [0, 0.05) is 28.9 Å². The lowest BCUT2D eigenvalue weighted by atomic mass is 9.94. The van der Waals surface area contributed by atoms with Crippen LogP contribution in [0.15, 0.2) is 47.4 Å². The molecule has 1 aliphatic rings. The van der Waals surface area contributed by atoms with Gasteiger partial charge in [-0.1, -0.05) is 0 Å². The molecular formula is C21H19N7O. The van der Waals surface area contributed by atoms with Gasteiger partial charge in [0.15, 0.2) is 17.2 Å². The second kappa shape index (κ2) is 6.52. The normalized spacial score (nSPS) is 15.4. The summed E-state index contributed by atoms with van der Waals surface area (Å²) >= 11 is 0. The standard InChI is InChI=1S/C21H19N7O/c1-2-16-18(24-15(1)12-3-7-22-8-4-12)19(28-27-16)21-25-17-14(13-6-10-29-11-13)5-9-23-20(17)26-21/h1-2,5-6,9-12,22H,3-4,7-8H2,(H,27,28)(H,23,25,26). The summed E-state index contributed by atoms with van der Waals surface area (Å²) in [5.41, 5.74) is 7.04. The molecular weight excluding hydrogens is 366 g/mol. The monoisotopic (exact) mass is 385 g/mol. The summed E-state index contributed by atoms with van der Waals surface area (Å²) in [6.07, 6.45) is 7.34. The Hall–Kier alpha value is -3.52. The average molecular weight is 385 g/mol. The second-order valence-corrected chi connectivity index (χ2v) is 7.38. The number of rotatable bonds is 3. The lowest BCUT2D eigenvalue weighted by Crippen LogP contribution is -2.27. The molecule has 0 saturated carbocycles. The van der Waals surface area contributed by atoms with Crippen LogP contribution in [-0.4, -0.2) is 43.2 Å². The Morgan fingerprint density at radius 2 is 1.97 bits per heavy atom. The zero-order valence-corrected chi connectivity index (χ0v) is 15.6. The molecule has 0 spiro atoms. The predicted octanol–water partition coefficient (Wildman–Crippen LogP) is 3.62. The summed E-state index contributed by atoms with van der Waals surface area (Å²) in [6.45, 7) is 2.07. The molecule has 0 bridgehead atoms. The highest BCUT2D eigenvalue weighted by molar-refractivity contribution is 5.94. The van der Waals surface area contributed by atoms with E-state index in [2.05, 4.69) is 42.6 Å². The molecule has 0 amide bonds. The molecule has 8 heteroatoms. The summed E-state index contributed by atoms with van der Waals surface area (Å²) in [5.74, 6) is 1.14. The number of fused-ring (bicyclic) bond motifs is 2. The van der Waals surface area contributed by atoms with Gasteiger partial charge in [-0.2, -0.15) is 5.10 Å². The number of hydrogen-bond acceptors (Lipinski definition) is 6. The lowest BCUT2D eigenvalue weighted by Gasteiger charge is -2.22. The fraction of sp³-hybridized carbons (Fsp3) is 0.238. The average Bonchev–Trinajstić information content (AvgIpc) is 3.52. The molecule has 0 unspecified atom stereocenters. The largest absolute Gasteiger partial charge is 0.472 e. The molecule has 29 heavy (non-hydrogen) atoms. The summed E-state index contributed by atoms with van der Waals surface area (Å²) in [6, 6.07) is 8.04. The van der Waals surface area contributed by atoms with Crippen molar-refractivity contribution in [1.29, 1.82) is 0 Å². The molecule has 1 saturated heterocycles. The van der Waals surface area contributed by atoms with E-state index in [9.17, 15) is 0 Å². The molecule has 5 aromatic rings. The maximum Gasteiger partial charge on any atom is 0.178 e. The number of piperidine rings is 1. The van der Waals surface area contributed by atoms with Gasteiger partial charge >= 0.3 is 0 Å². The van der Waals surface area contributed by atoms with E-state index in [-0.39, 0.29) is 0 Å². The zero-order chi connectivity index (χ0) is 19.2. The van der Waals surface area contributed by atoms with Crippen LogP contribution in [0.2, 0.25) is 0 Å². The molecule has 1 aliphatic heterocycles. The maximum absolute atomic E-state index is 5.24. The van der Waals surface area contributed by atoms with Crippen molar-refractivity contribution >= 4 is 22.2 Å². The first-order valence-electron chi connectivity index (χ1n) is 9.80. The van der Waals surface area contributed by atoms with Crippen molar-refractivity contribution in [2.75, 3.05) is 13.1 Å². The Morgan fingerprint density at radius 1 is 1.03 bits per heavy atom. The van der Waals surface area contributed by atoms with Crippen LogP contribution < -0.4 is 5.32 Å². The molecule has 144 valence electrons. The van der Waals surface area contributed by atoms with E-state index in [0.29, 0.717) is 23.1 Å². The highest BCUT2D eigenvalue weighted by Gasteiger charge is 2.20. The van der Waals surface area contributed by atoms with Crippen LogP contribution in [0.5, 0.6) is 0 Å². The molecule has 0 aromatic carbocycles.